The lowest BCUT2D eigenvalue weighted by molar-refractivity contribution is -0.647. The van der Waals surface area contributed by atoms with Gasteiger partial charge in [-0.05, 0) is 54.5 Å². The summed E-state index contributed by atoms with van der Waals surface area (Å²) in [6.45, 7) is 5.21. The molecule has 0 unspecified atom stereocenters. The summed E-state index contributed by atoms with van der Waals surface area (Å²) >= 11 is 1.72. The van der Waals surface area contributed by atoms with E-state index in [1.807, 2.05) is 23.1 Å². The SMILES string of the molecule is Cc1ccsc1CN(Cc1ccc2c(c1)OCO2)C(=O)C[NH2+]CC1CC1. The number of amides is 1. The topological polar surface area (TPSA) is 55.4 Å². The molecule has 1 aliphatic carbocycles. The Labute approximate surface area is 157 Å². The molecule has 1 aromatic carbocycles. The summed E-state index contributed by atoms with van der Waals surface area (Å²) < 4.78 is 10.9. The highest BCUT2D eigenvalue weighted by atomic mass is 32.1. The first-order chi connectivity index (χ1) is 12.7. The number of hydrogen-bond donors (Lipinski definition) is 1. The Hall–Kier alpha value is -2.05. The standard InChI is InChI=1S/C20H24N2O3S/c1-14-6-7-26-19(14)12-22(20(23)10-21-9-15-2-3-15)11-16-4-5-17-18(8-16)25-13-24-17/h4-8,15,21H,2-3,9-13H2,1H3/p+1. The van der Waals surface area contributed by atoms with Crippen LogP contribution in [0.4, 0.5) is 0 Å². The lowest BCUT2D eigenvalue weighted by Gasteiger charge is -2.22. The number of fused-ring (bicyclic) bond motifs is 1. The lowest BCUT2D eigenvalue weighted by Crippen LogP contribution is -2.87. The molecule has 2 aromatic rings. The molecule has 0 atom stereocenters. The van der Waals surface area contributed by atoms with Gasteiger partial charge in [-0.3, -0.25) is 4.79 Å². The first kappa shape index (κ1) is 17.4. The van der Waals surface area contributed by atoms with Gasteiger partial charge in [-0.25, -0.2) is 0 Å². The number of aryl methyl sites for hydroxylation is 1. The number of ether oxygens (including phenoxy) is 2. The van der Waals surface area contributed by atoms with Crippen LogP contribution in [0.25, 0.3) is 0 Å². The summed E-state index contributed by atoms with van der Waals surface area (Å²) in [5.74, 6) is 2.56. The van der Waals surface area contributed by atoms with Crippen LogP contribution in [0.5, 0.6) is 11.5 Å². The molecular weight excluding hydrogens is 348 g/mol. The van der Waals surface area contributed by atoms with E-state index in [0.29, 0.717) is 19.6 Å². The zero-order valence-electron chi connectivity index (χ0n) is 15.1. The summed E-state index contributed by atoms with van der Waals surface area (Å²) in [7, 11) is 0. The number of nitrogens with two attached hydrogens (primary N) is 1. The maximum absolute atomic E-state index is 12.9. The molecule has 0 saturated heterocycles. The van der Waals surface area contributed by atoms with Crippen LogP contribution < -0.4 is 14.8 Å². The first-order valence-corrected chi connectivity index (χ1v) is 10.1. The minimum absolute atomic E-state index is 0.191. The van der Waals surface area contributed by atoms with Crippen LogP contribution >= 0.6 is 11.3 Å². The van der Waals surface area contributed by atoms with Gasteiger partial charge in [0.1, 0.15) is 0 Å². The summed E-state index contributed by atoms with van der Waals surface area (Å²) in [5.41, 5.74) is 2.32. The minimum atomic E-state index is 0.191. The van der Waals surface area contributed by atoms with Gasteiger partial charge in [0, 0.05) is 17.3 Å². The van der Waals surface area contributed by atoms with Crippen molar-refractivity contribution in [3.8, 4) is 11.5 Å². The summed E-state index contributed by atoms with van der Waals surface area (Å²) in [4.78, 5) is 16.1. The first-order valence-electron chi connectivity index (χ1n) is 9.20. The molecule has 5 nitrogen and oxygen atoms in total. The third kappa shape index (κ3) is 4.19. The molecule has 0 radical (unpaired) electrons. The van der Waals surface area contributed by atoms with Gasteiger partial charge in [-0.15, -0.1) is 11.3 Å². The van der Waals surface area contributed by atoms with Gasteiger partial charge < -0.3 is 19.7 Å². The molecule has 2 aliphatic rings. The van der Waals surface area contributed by atoms with Gasteiger partial charge in [-0.2, -0.15) is 0 Å². The number of hydrogen-bond acceptors (Lipinski definition) is 4. The number of carbonyl (C=O) groups is 1. The molecule has 1 fully saturated rings. The van der Waals surface area contributed by atoms with Crippen LogP contribution in [0, 0.1) is 12.8 Å². The Bertz CT molecular complexity index is 785. The molecule has 1 saturated carbocycles. The fourth-order valence-electron chi connectivity index (χ4n) is 3.16. The summed E-state index contributed by atoms with van der Waals surface area (Å²) in [6, 6.07) is 8.04. The van der Waals surface area contributed by atoms with Crippen LogP contribution in [0.2, 0.25) is 0 Å². The van der Waals surface area contributed by atoms with Crippen molar-refractivity contribution in [2.45, 2.75) is 32.9 Å². The fourth-order valence-corrected chi connectivity index (χ4v) is 4.08. The molecule has 1 aromatic heterocycles. The third-order valence-corrected chi connectivity index (χ3v) is 5.99. The average Bonchev–Trinajstić information content (AvgIpc) is 3.18. The lowest BCUT2D eigenvalue weighted by atomic mass is 10.1. The molecule has 1 aliphatic heterocycles. The molecule has 6 heteroatoms. The van der Waals surface area contributed by atoms with Gasteiger partial charge in [0.25, 0.3) is 5.91 Å². The van der Waals surface area contributed by atoms with Crippen molar-refractivity contribution >= 4 is 17.2 Å². The zero-order valence-corrected chi connectivity index (χ0v) is 15.9. The molecule has 26 heavy (non-hydrogen) atoms. The van der Waals surface area contributed by atoms with Crippen LogP contribution in [0.3, 0.4) is 0 Å². The minimum Gasteiger partial charge on any atom is -0.454 e. The predicted octanol–water partition coefficient (Wildman–Crippen LogP) is 2.29. The van der Waals surface area contributed by atoms with Crippen molar-refractivity contribution in [1.29, 1.82) is 0 Å². The predicted molar refractivity (Wildman–Crippen MR) is 100 cm³/mol. The van der Waals surface area contributed by atoms with E-state index in [-0.39, 0.29) is 12.7 Å². The van der Waals surface area contributed by atoms with Gasteiger partial charge >= 0.3 is 0 Å². The average molecular weight is 373 g/mol. The number of nitrogens with zero attached hydrogens (tertiary/aromatic N) is 1. The van der Waals surface area contributed by atoms with Gasteiger partial charge in [0.2, 0.25) is 6.79 Å². The second kappa shape index (κ2) is 7.68. The Morgan fingerprint density at radius 2 is 2.08 bits per heavy atom. The van der Waals surface area contributed by atoms with Crippen molar-refractivity contribution in [3.05, 3.63) is 45.6 Å². The molecule has 4 rings (SSSR count). The van der Waals surface area contributed by atoms with Crippen LogP contribution in [-0.4, -0.2) is 30.7 Å². The van der Waals surface area contributed by atoms with Crippen molar-refractivity contribution in [2.24, 2.45) is 5.92 Å². The Balaban J connectivity index is 1.45. The highest BCUT2D eigenvalue weighted by molar-refractivity contribution is 7.10. The normalized spacial score (nSPS) is 15.3. The van der Waals surface area contributed by atoms with Crippen LogP contribution in [-0.2, 0) is 17.9 Å². The van der Waals surface area contributed by atoms with E-state index < -0.39 is 0 Å². The second-order valence-corrected chi connectivity index (χ2v) is 8.14. The van der Waals surface area contributed by atoms with E-state index in [4.69, 9.17) is 9.47 Å². The number of quaternary nitrogens is 1. The second-order valence-electron chi connectivity index (χ2n) is 7.14. The monoisotopic (exact) mass is 373 g/mol. The summed E-state index contributed by atoms with van der Waals surface area (Å²) in [6.07, 6.45) is 2.64. The van der Waals surface area contributed by atoms with Gasteiger partial charge in [-0.1, -0.05) is 6.07 Å². The molecule has 0 bridgehead atoms. The van der Waals surface area contributed by atoms with E-state index in [0.717, 1.165) is 29.5 Å². The fraction of sp³-hybridized carbons (Fsp3) is 0.450. The van der Waals surface area contributed by atoms with E-state index in [1.54, 1.807) is 11.3 Å². The van der Waals surface area contributed by atoms with Gasteiger partial charge in [0.15, 0.2) is 18.0 Å². The third-order valence-electron chi connectivity index (χ3n) is 4.98. The highest BCUT2D eigenvalue weighted by Crippen LogP contribution is 2.33. The Morgan fingerprint density at radius 1 is 1.23 bits per heavy atom. The van der Waals surface area contributed by atoms with E-state index in [2.05, 4.69) is 23.7 Å². The molecular formula is C20H25N2O3S+. The van der Waals surface area contributed by atoms with Crippen molar-refractivity contribution in [2.75, 3.05) is 19.9 Å². The zero-order chi connectivity index (χ0) is 17.9. The molecule has 2 heterocycles. The number of rotatable bonds is 8. The van der Waals surface area contributed by atoms with Crippen molar-refractivity contribution in [3.63, 3.8) is 0 Å². The van der Waals surface area contributed by atoms with Crippen molar-refractivity contribution in [1.82, 2.24) is 4.90 Å². The van der Waals surface area contributed by atoms with E-state index in [1.165, 1.54) is 23.3 Å². The quantitative estimate of drug-likeness (QED) is 0.772. The largest absolute Gasteiger partial charge is 0.454 e. The Kier molecular flexibility index (Phi) is 5.13. The van der Waals surface area contributed by atoms with Gasteiger partial charge in [0.05, 0.1) is 13.1 Å². The van der Waals surface area contributed by atoms with Crippen LogP contribution in [0.15, 0.2) is 29.6 Å². The van der Waals surface area contributed by atoms with Crippen LogP contribution in [0.1, 0.15) is 28.8 Å². The number of thiophene rings is 1. The number of carbonyl (C=O) groups excluding carboxylic acids is 1. The van der Waals surface area contributed by atoms with Crippen molar-refractivity contribution < 1.29 is 19.6 Å². The smallest absolute Gasteiger partial charge is 0.278 e. The number of benzene rings is 1. The molecule has 138 valence electrons. The highest BCUT2D eigenvalue weighted by Gasteiger charge is 2.25. The molecule has 2 N–H and O–H groups in total. The maximum Gasteiger partial charge on any atom is 0.278 e. The molecule has 0 spiro atoms. The van der Waals surface area contributed by atoms with E-state index in [9.17, 15) is 4.79 Å². The Morgan fingerprint density at radius 3 is 2.85 bits per heavy atom. The maximum atomic E-state index is 12.9. The summed E-state index contributed by atoms with van der Waals surface area (Å²) in [5, 5.41) is 4.25. The molecule has 1 amide bonds. The van der Waals surface area contributed by atoms with E-state index >= 15 is 0 Å².